The van der Waals surface area contributed by atoms with E-state index >= 15 is 0 Å². The van der Waals surface area contributed by atoms with Crippen LogP contribution >= 0.6 is 0 Å². The van der Waals surface area contributed by atoms with E-state index in [0.29, 0.717) is 0 Å². The third kappa shape index (κ3) is 2.50. The van der Waals surface area contributed by atoms with Crippen molar-refractivity contribution in [2.75, 3.05) is 0 Å². The van der Waals surface area contributed by atoms with Crippen LogP contribution in [0, 0.1) is 0 Å². The Morgan fingerprint density at radius 2 is 1.60 bits per heavy atom. The van der Waals surface area contributed by atoms with Crippen molar-refractivity contribution in [1.29, 1.82) is 0 Å². The van der Waals surface area contributed by atoms with Gasteiger partial charge >= 0.3 is 67.9 Å². The molecule has 0 aromatic carbocycles. The second kappa shape index (κ2) is 5.02. The van der Waals surface area contributed by atoms with Gasteiger partial charge < -0.3 is 0 Å². The first-order chi connectivity index (χ1) is 4.74. The van der Waals surface area contributed by atoms with Crippen molar-refractivity contribution in [1.82, 2.24) is 0 Å². The van der Waals surface area contributed by atoms with E-state index in [4.69, 9.17) is 0 Å². The fraction of sp³-hybridized carbons (Fsp3) is 0.857. The van der Waals surface area contributed by atoms with E-state index in [1.807, 2.05) is 0 Å². The summed E-state index contributed by atoms with van der Waals surface area (Å²) in [6.07, 6.45) is 1.74. The van der Waals surface area contributed by atoms with Gasteiger partial charge in [-0.15, -0.1) is 0 Å². The SMILES string of the molecule is C[CH2][Pb]([CH2]C)([CH2]C)[N]=C=O. The van der Waals surface area contributed by atoms with Gasteiger partial charge in [-0.05, 0) is 0 Å². The zero-order chi connectivity index (χ0) is 8.04. The van der Waals surface area contributed by atoms with Gasteiger partial charge in [0.25, 0.3) is 0 Å². The predicted octanol–water partition coefficient (Wildman–Crippen LogP) is 2.33. The Hall–Kier alpha value is 0.302. The van der Waals surface area contributed by atoms with Crippen molar-refractivity contribution >= 4 is 27.6 Å². The molecule has 0 heterocycles. The van der Waals surface area contributed by atoms with E-state index in [0.717, 1.165) is 11.9 Å². The van der Waals surface area contributed by atoms with Crippen LogP contribution in [-0.4, -0.2) is 27.6 Å². The fourth-order valence-electron chi connectivity index (χ4n) is 1.08. The van der Waals surface area contributed by atoms with E-state index in [2.05, 4.69) is 23.6 Å². The van der Waals surface area contributed by atoms with Crippen molar-refractivity contribution in [3.8, 4) is 0 Å². The maximum absolute atomic E-state index is 10.1. The molecule has 0 aliphatic carbocycles. The fourth-order valence-corrected chi connectivity index (χ4v) is 9.51. The van der Waals surface area contributed by atoms with Crippen LogP contribution in [0.2, 0.25) is 11.9 Å². The number of hydrogen-bond acceptors (Lipinski definition) is 2. The molecule has 0 spiro atoms. The number of isocyanates is 1. The molecule has 0 aromatic rings. The van der Waals surface area contributed by atoms with Gasteiger partial charge in [0.1, 0.15) is 0 Å². The molecule has 2 nitrogen and oxygen atoms in total. The third-order valence-corrected chi connectivity index (χ3v) is 19.8. The summed E-state index contributed by atoms with van der Waals surface area (Å²) in [4.78, 5) is 10.1. The van der Waals surface area contributed by atoms with Gasteiger partial charge in [0.2, 0.25) is 0 Å². The molecule has 58 valence electrons. The van der Waals surface area contributed by atoms with Gasteiger partial charge in [0, 0.05) is 0 Å². The minimum absolute atomic E-state index is 1.15. The third-order valence-electron chi connectivity index (χ3n) is 2.26. The zero-order valence-corrected chi connectivity index (χ0v) is 10.9. The van der Waals surface area contributed by atoms with Crippen molar-refractivity contribution in [2.24, 2.45) is 2.80 Å². The van der Waals surface area contributed by atoms with Gasteiger partial charge in [0.15, 0.2) is 0 Å². The molecule has 10 heavy (non-hydrogen) atoms. The molecular weight excluding hydrogens is 321 g/mol. The summed E-state index contributed by atoms with van der Waals surface area (Å²) in [5, 5.41) is 0. The molecule has 0 aliphatic heterocycles. The Morgan fingerprint density at radius 1 is 1.20 bits per heavy atom. The van der Waals surface area contributed by atoms with Crippen LogP contribution in [0.1, 0.15) is 20.8 Å². The van der Waals surface area contributed by atoms with Gasteiger partial charge in [-0.3, -0.25) is 0 Å². The Balaban J connectivity index is 4.29. The standard InChI is InChI=1S/3C2H5.CNO.Pb/c3*1-2;2-1-3;/h3*1H2,2H3;;/q;;;-1;+1. The second-order valence-electron chi connectivity index (χ2n) is 2.49. The molecule has 0 amide bonds. The summed E-state index contributed by atoms with van der Waals surface area (Å²) < 4.78 is 7.47. The van der Waals surface area contributed by atoms with Gasteiger partial charge in [-0.1, -0.05) is 0 Å². The summed E-state index contributed by atoms with van der Waals surface area (Å²) in [5.74, 6) is 0. The molecule has 0 atom stereocenters. The van der Waals surface area contributed by atoms with E-state index in [1.54, 1.807) is 6.08 Å². The molecule has 0 saturated carbocycles. The van der Waals surface area contributed by atoms with Crippen LogP contribution in [0.3, 0.4) is 0 Å². The van der Waals surface area contributed by atoms with Crippen LogP contribution in [0.15, 0.2) is 2.80 Å². The summed E-state index contributed by atoms with van der Waals surface area (Å²) in [5.41, 5.74) is 0. The first-order valence-electron chi connectivity index (χ1n) is 3.83. The Labute approximate surface area is 67.8 Å². The van der Waals surface area contributed by atoms with Crippen LogP contribution in [0.5, 0.6) is 0 Å². The zero-order valence-electron chi connectivity index (χ0n) is 6.98. The van der Waals surface area contributed by atoms with Crippen LogP contribution < -0.4 is 0 Å². The Kier molecular flexibility index (Phi) is 5.17. The number of hydrogen-bond donors (Lipinski definition) is 0. The molecule has 0 bridgehead atoms. The second-order valence-corrected chi connectivity index (χ2v) is 21.1. The average Bonchev–Trinajstić information content (AvgIpc) is 2.01. The van der Waals surface area contributed by atoms with Crippen molar-refractivity contribution in [3.05, 3.63) is 0 Å². The molecule has 0 aliphatic rings. The topological polar surface area (TPSA) is 29.4 Å². The van der Waals surface area contributed by atoms with Gasteiger partial charge in [-0.25, -0.2) is 0 Å². The van der Waals surface area contributed by atoms with Crippen molar-refractivity contribution < 1.29 is 4.79 Å². The maximum atomic E-state index is 10.1. The summed E-state index contributed by atoms with van der Waals surface area (Å²) in [7, 11) is 0. The quantitative estimate of drug-likeness (QED) is 0.440. The number of rotatable bonds is 4. The molecule has 0 fully saturated rings. The van der Waals surface area contributed by atoms with Crippen LogP contribution in [-0.2, 0) is 4.79 Å². The first-order valence-corrected chi connectivity index (χ1v) is 13.8. The molecule has 0 radical (unpaired) electrons. The minimum atomic E-state index is -2.35. The van der Waals surface area contributed by atoms with E-state index in [9.17, 15) is 4.79 Å². The Morgan fingerprint density at radius 3 is 1.70 bits per heavy atom. The van der Waals surface area contributed by atoms with Crippen LogP contribution in [0.25, 0.3) is 0 Å². The molecule has 0 saturated heterocycles. The molecule has 0 rings (SSSR count). The summed E-state index contributed by atoms with van der Waals surface area (Å²) in [6.45, 7) is 6.44. The summed E-state index contributed by atoms with van der Waals surface area (Å²) in [6, 6.07) is 0. The number of carbonyl (C=O) groups excluding carboxylic acids is 1. The van der Waals surface area contributed by atoms with E-state index < -0.39 is 21.5 Å². The van der Waals surface area contributed by atoms with Crippen molar-refractivity contribution in [2.45, 2.75) is 32.7 Å². The first kappa shape index (κ1) is 10.3. The monoisotopic (exact) mass is 337 g/mol. The number of nitrogens with zero attached hydrogens (tertiary/aromatic N) is 1. The summed E-state index contributed by atoms with van der Waals surface area (Å²) >= 11 is -2.35. The van der Waals surface area contributed by atoms with Crippen LogP contribution in [0.4, 0.5) is 0 Å². The Bertz CT molecular complexity index is 128. The average molecular weight is 336 g/mol. The van der Waals surface area contributed by atoms with Gasteiger partial charge in [-0.2, -0.15) is 0 Å². The molecule has 0 N–H and O–H groups in total. The predicted molar refractivity (Wildman–Crippen MR) is 45.3 cm³/mol. The molecular formula is C7H15NOPb. The molecule has 3 heteroatoms. The van der Waals surface area contributed by atoms with E-state index in [-0.39, 0.29) is 0 Å². The van der Waals surface area contributed by atoms with E-state index in [1.165, 1.54) is 0 Å². The normalized spacial score (nSPS) is 10.7. The van der Waals surface area contributed by atoms with Crippen molar-refractivity contribution in [3.63, 3.8) is 0 Å². The molecule has 0 aromatic heterocycles. The van der Waals surface area contributed by atoms with Gasteiger partial charge in [0.05, 0.1) is 0 Å². The molecule has 0 unspecified atom stereocenters.